The Morgan fingerprint density at radius 2 is 1.71 bits per heavy atom. The second kappa shape index (κ2) is 4.35. The van der Waals surface area contributed by atoms with Crippen LogP contribution in [0.3, 0.4) is 0 Å². The molecule has 0 aromatic heterocycles. The van der Waals surface area contributed by atoms with E-state index in [0.717, 1.165) is 12.1 Å². The van der Waals surface area contributed by atoms with E-state index in [-0.39, 0.29) is 23.5 Å². The fraction of sp³-hybridized carbons (Fsp3) is 0.857. The predicted molar refractivity (Wildman–Crippen MR) is 73.8 cm³/mol. The third-order valence-electron chi connectivity index (χ3n) is 3.60. The van der Waals surface area contributed by atoms with Crippen LogP contribution in [0, 0.1) is 10.8 Å². The van der Waals surface area contributed by atoms with Crippen LogP contribution in [0.1, 0.15) is 55.4 Å². The van der Waals surface area contributed by atoms with E-state index in [1.54, 1.807) is 0 Å². The zero-order chi connectivity index (χ0) is 13.5. The minimum atomic E-state index is -0.269. The summed E-state index contributed by atoms with van der Waals surface area (Å²) in [6.45, 7) is 17.4. The lowest BCUT2D eigenvalue weighted by molar-refractivity contribution is -0.0150. The van der Waals surface area contributed by atoms with Crippen molar-refractivity contribution >= 4 is 7.12 Å². The van der Waals surface area contributed by atoms with E-state index in [9.17, 15) is 0 Å². The van der Waals surface area contributed by atoms with Gasteiger partial charge in [0.25, 0.3) is 0 Å². The Kier molecular flexibility index (Phi) is 3.74. The van der Waals surface area contributed by atoms with Crippen molar-refractivity contribution in [3.8, 4) is 0 Å². The Labute approximate surface area is 107 Å². The van der Waals surface area contributed by atoms with Gasteiger partial charge in [-0.15, -0.1) is 0 Å². The van der Waals surface area contributed by atoms with E-state index in [2.05, 4.69) is 61.5 Å². The highest BCUT2D eigenvalue weighted by molar-refractivity contribution is 6.45. The summed E-state index contributed by atoms with van der Waals surface area (Å²) < 4.78 is 12.0. The van der Waals surface area contributed by atoms with E-state index >= 15 is 0 Å². The first-order chi connectivity index (χ1) is 7.49. The lowest BCUT2D eigenvalue weighted by Gasteiger charge is -2.46. The molecule has 1 rings (SSSR count). The molecular weight excluding hydrogens is 211 g/mol. The van der Waals surface area contributed by atoms with Gasteiger partial charge in [0.05, 0.1) is 11.4 Å². The first-order valence-corrected chi connectivity index (χ1v) is 6.57. The Hall–Kier alpha value is -0.435. The number of hydrogen-bond donors (Lipinski definition) is 0. The molecule has 0 amide bonds. The van der Waals surface area contributed by atoms with Crippen LogP contribution < -0.4 is 0 Å². The smallest absolute Gasteiger partial charge is 0.525 e. The molecule has 1 heterocycles. The van der Waals surface area contributed by atoms with Gasteiger partial charge in [-0.1, -0.05) is 48.5 Å². The van der Waals surface area contributed by atoms with Gasteiger partial charge in [-0.3, -0.25) is 0 Å². The number of rotatable bonds is 1. The third-order valence-corrected chi connectivity index (χ3v) is 3.60. The Bertz CT molecular complexity index is 309. The maximum Gasteiger partial charge on any atom is 0.525 e. The van der Waals surface area contributed by atoms with Gasteiger partial charge in [-0.05, 0) is 24.7 Å². The standard InChI is InChI=1S/C14H27BO2/c1-9-15-16-11(12(2,3)4)10-14(8,17-15)13(5,6)7/h10H,9H2,1-8H3. The first-order valence-electron chi connectivity index (χ1n) is 6.57. The molecule has 0 spiro atoms. The zero-order valence-corrected chi connectivity index (χ0v) is 12.7. The molecule has 0 aromatic carbocycles. The molecule has 0 aliphatic carbocycles. The molecule has 0 saturated heterocycles. The van der Waals surface area contributed by atoms with E-state index in [1.165, 1.54) is 0 Å². The second-order valence-electron chi connectivity index (χ2n) is 7.19. The zero-order valence-electron chi connectivity index (χ0n) is 12.7. The van der Waals surface area contributed by atoms with Crippen molar-refractivity contribution < 1.29 is 9.31 Å². The van der Waals surface area contributed by atoms with Crippen molar-refractivity contribution in [3.63, 3.8) is 0 Å². The lowest BCUT2D eigenvalue weighted by Crippen LogP contribution is -2.49. The van der Waals surface area contributed by atoms with Gasteiger partial charge in [-0.25, -0.2) is 0 Å². The van der Waals surface area contributed by atoms with Gasteiger partial charge in [-0.2, -0.15) is 0 Å². The summed E-state index contributed by atoms with van der Waals surface area (Å²) in [5.74, 6) is 1.05. The Balaban J connectivity index is 3.16. The fourth-order valence-electron chi connectivity index (χ4n) is 1.71. The van der Waals surface area contributed by atoms with Crippen molar-refractivity contribution in [1.29, 1.82) is 0 Å². The summed E-state index contributed by atoms with van der Waals surface area (Å²) in [6.07, 6.45) is 3.04. The first kappa shape index (κ1) is 14.6. The average molecular weight is 238 g/mol. The normalized spacial score (nSPS) is 26.6. The predicted octanol–water partition coefficient (Wildman–Crippen LogP) is 4.28. The molecule has 1 atom stereocenters. The Morgan fingerprint density at radius 3 is 2.06 bits per heavy atom. The van der Waals surface area contributed by atoms with Crippen LogP contribution in [0.4, 0.5) is 0 Å². The summed E-state index contributed by atoms with van der Waals surface area (Å²) in [5.41, 5.74) is -0.182. The molecular formula is C14H27BO2. The van der Waals surface area contributed by atoms with Gasteiger partial charge >= 0.3 is 7.12 Å². The molecule has 0 saturated carbocycles. The van der Waals surface area contributed by atoms with Crippen molar-refractivity contribution in [1.82, 2.24) is 0 Å². The fourth-order valence-corrected chi connectivity index (χ4v) is 1.71. The molecule has 0 N–H and O–H groups in total. The van der Waals surface area contributed by atoms with Crippen molar-refractivity contribution in [2.45, 2.75) is 67.3 Å². The van der Waals surface area contributed by atoms with E-state index in [1.807, 2.05) is 0 Å². The van der Waals surface area contributed by atoms with E-state index in [0.29, 0.717) is 0 Å². The van der Waals surface area contributed by atoms with Crippen LogP contribution in [0.5, 0.6) is 0 Å². The molecule has 17 heavy (non-hydrogen) atoms. The molecule has 2 nitrogen and oxygen atoms in total. The average Bonchev–Trinajstić information content (AvgIpc) is 2.13. The minimum Gasteiger partial charge on any atom is -0.539 e. The third kappa shape index (κ3) is 3.07. The Morgan fingerprint density at radius 1 is 1.18 bits per heavy atom. The molecule has 98 valence electrons. The van der Waals surface area contributed by atoms with Crippen LogP contribution in [-0.2, 0) is 9.31 Å². The van der Waals surface area contributed by atoms with Crippen molar-refractivity contribution in [2.24, 2.45) is 10.8 Å². The van der Waals surface area contributed by atoms with Gasteiger partial charge in [0.15, 0.2) is 0 Å². The molecule has 0 fully saturated rings. The maximum atomic E-state index is 6.11. The van der Waals surface area contributed by atoms with Gasteiger partial charge < -0.3 is 9.31 Å². The summed E-state index contributed by atoms with van der Waals surface area (Å²) in [6, 6.07) is 0. The summed E-state index contributed by atoms with van der Waals surface area (Å²) in [7, 11) is -0.126. The number of allylic oxidation sites excluding steroid dienone is 1. The monoisotopic (exact) mass is 238 g/mol. The molecule has 3 heteroatoms. The van der Waals surface area contributed by atoms with Crippen LogP contribution in [0.2, 0.25) is 6.32 Å². The second-order valence-corrected chi connectivity index (χ2v) is 7.19. The van der Waals surface area contributed by atoms with E-state index in [4.69, 9.17) is 9.31 Å². The van der Waals surface area contributed by atoms with Gasteiger partial charge in [0.2, 0.25) is 0 Å². The van der Waals surface area contributed by atoms with Gasteiger partial charge in [0, 0.05) is 5.41 Å². The largest absolute Gasteiger partial charge is 0.539 e. The highest BCUT2D eigenvalue weighted by Gasteiger charge is 2.45. The number of hydrogen-bond acceptors (Lipinski definition) is 2. The molecule has 1 aliphatic rings. The van der Waals surface area contributed by atoms with Crippen molar-refractivity contribution in [2.75, 3.05) is 0 Å². The topological polar surface area (TPSA) is 18.5 Å². The summed E-state index contributed by atoms with van der Waals surface area (Å²) in [5, 5.41) is 0. The van der Waals surface area contributed by atoms with E-state index < -0.39 is 0 Å². The van der Waals surface area contributed by atoms with Gasteiger partial charge in [0.1, 0.15) is 0 Å². The molecule has 0 aromatic rings. The van der Waals surface area contributed by atoms with Crippen molar-refractivity contribution in [3.05, 3.63) is 11.8 Å². The molecule has 0 bridgehead atoms. The van der Waals surface area contributed by atoms with Crippen LogP contribution >= 0.6 is 0 Å². The maximum absolute atomic E-state index is 6.11. The van der Waals surface area contributed by atoms with Crippen LogP contribution in [0.15, 0.2) is 11.8 Å². The molecule has 1 aliphatic heterocycles. The van der Waals surface area contributed by atoms with Crippen LogP contribution in [-0.4, -0.2) is 12.7 Å². The highest BCUT2D eigenvalue weighted by Crippen LogP contribution is 2.42. The lowest BCUT2D eigenvalue weighted by atomic mass is 9.70. The highest BCUT2D eigenvalue weighted by atomic mass is 16.6. The van der Waals surface area contributed by atoms with Crippen LogP contribution in [0.25, 0.3) is 0 Å². The molecule has 0 radical (unpaired) electrons. The minimum absolute atomic E-state index is 0.0315. The summed E-state index contributed by atoms with van der Waals surface area (Å²) >= 11 is 0. The SMILES string of the molecule is CCB1OC(C(C)(C)C)=CC(C)(C(C)(C)C)O1. The molecule has 1 unspecified atom stereocenters. The summed E-state index contributed by atoms with van der Waals surface area (Å²) in [4.78, 5) is 0. The quantitative estimate of drug-likeness (QED) is 0.635.